The standard InChI is InChI=1S/C19H22N8O/c1-12-23-24-18-11-14(9-10-26(12)18)21-19-22-17-4-2-3-16(27(17)25-19)20-13-5-7-15(28)8-6-13/h2-4,9-11,13,15,20,28H,5-8H2,1H3,(H,21,25)/t13-,15+. The minimum absolute atomic E-state index is 0.164. The first-order valence-corrected chi connectivity index (χ1v) is 9.54. The molecule has 0 radical (unpaired) electrons. The van der Waals surface area contributed by atoms with E-state index in [-0.39, 0.29) is 6.10 Å². The molecule has 5 rings (SSSR count). The molecule has 1 saturated carbocycles. The van der Waals surface area contributed by atoms with Gasteiger partial charge in [-0.05, 0) is 50.8 Å². The summed E-state index contributed by atoms with van der Waals surface area (Å²) >= 11 is 0. The van der Waals surface area contributed by atoms with Crippen LogP contribution in [-0.4, -0.2) is 46.4 Å². The van der Waals surface area contributed by atoms with Gasteiger partial charge in [-0.3, -0.25) is 4.40 Å². The van der Waals surface area contributed by atoms with Gasteiger partial charge in [-0.15, -0.1) is 15.3 Å². The van der Waals surface area contributed by atoms with Gasteiger partial charge in [0.1, 0.15) is 11.6 Å². The molecule has 0 aliphatic heterocycles. The fourth-order valence-corrected chi connectivity index (χ4v) is 3.71. The van der Waals surface area contributed by atoms with Crippen molar-refractivity contribution in [3.05, 3.63) is 42.4 Å². The molecule has 28 heavy (non-hydrogen) atoms. The first-order valence-electron chi connectivity index (χ1n) is 9.54. The van der Waals surface area contributed by atoms with Gasteiger partial charge in [-0.1, -0.05) is 6.07 Å². The third kappa shape index (κ3) is 3.13. The van der Waals surface area contributed by atoms with Crippen LogP contribution in [0.25, 0.3) is 11.3 Å². The molecule has 9 nitrogen and oxygen atoms in total. The van der Waals surface area contributed by atoms with E-state index < -0.39 is 0 Å². The predicted molar refractivity (Wildman–Crippen MR) is 106 cm³/mol. The zero-order valence-electron chi connectivity index (χ0n) is 15.6. The molecule has 0 aromatic carbocycles. The van der Waals surface area contributed by atoms with Gasteiger partial charge in [0, 0.05) is 24.0 Å². The first-order chi connectivity index (χ1) is 13.7. The molecule has 3 N–H and O–H groups in total. The Hall–Kier alpha value is -3.20. The topological polar surface area (TPSA) is 105 Å². The molecule has 1 fully saturated rings. The van der Waals surface area contributed by atoms with Crippen LogP contribution in [0.5, 0.6) is 0 Å². The van der Waals surface area contributed by atoms with Crippen molar-refractivity contribution >= 4 is 28.7 Å². The van der Waals surface area contributed by atoms with Crippen LogP contribution in [0.4, 0.5) is 17.5 Å². The Morgan fingerprint density at radius 1 is 1.07 bits per heavy atom. The second-order valence-corrected chi connectivity index (χ2v) is 7.28. The summed E-state index contributed by atoms with van der Waals surface area (Å²) in [6.45, 7) is 1.91. The zero-order chi connectivity index (χ0) is 19.1. The predicted octanol–water partition coefficient (Wildman–Crippen LogP) is 2.54. The maximum atomic E-state index is 9.70. The fourth-order valence-electron chi connectivity index (χ4n) is 3.71. The molecular weight excluding hydrogens is 356 g/mol. The highest BCUT2D eigenvalue weighted by Gasteiger charge is 2.20. The van der Waals surface area contributed by atoms with Crippen molar-refractivity contribution in [1.82, 2.24) is 29.2 Å². The number of aliphatic hydroxyl groups excluding tert-OH is 1. The zero-order valence-corrected chi connectivity index (χ0v) is 15.6. The summed E-state index contributed by atoms with van der Waals surface area (Å²) in [5.74, 6) is 2.27. The first kappa shape index (κ1) is 16.9. The lowest BCUT2D eigenvalue weighted by atomic mass is 9.93. The van der Waals surface area contributed by atoms with E-state index >= 15 is 0 Å². The Morgan fingerprint density at radius 2 is 1.93 bits per heavy atom. The average molecular weight is 378 g/mol. The van der Waals surface area contributed by atoms with Gasteiger partial charge in [-0.2, -0.15) is 9.50 Å². The van der Waals surface area contributed by atoms with E-state index in [0.717, 1.165) is 54.3 Å². The molecule has 0 unspecified atom stereocenters. The van der Waals surface area contributed by atoms with Crippen molar-refractivity contribution < 1.29 is 5.11 Å². The minimum Gasteiger partial charge on any atom is -0.393 e. The Morgan fingerprint density at radius 3 is 2.79 bits per heavy atom. The van der Waals surface area contributed by atoms with Gasteiger partial charge in [0.05, 0.1) is 6.10 Å². The van der Waals surface area contributed by atoms with Crippen LogP contribution in [-0.2, 0) is 0 Å². The van der Waals surface area contributed by atoms with E-state index in [1.807, 2.05) is 52.4 Å². The van der Waals surface area contributed by atoms with Crippen molar-refractivity contribution in [2.75, 3.05) is 10.6 Å². The molecule has 0 bridgehead atoms. The Labute approximate surface area is 161 Å². The minimum atomic E-state index is -0.164. The van der Waals surface area contributed by atoms with Gasteiger partial charge < -0.3 is 15.7 Å². The number of rotatable bonds is 4. The van der Waals surface area contributed by atoms with E-state index in [1.165, 1.54) is 0 Å². The summed E-state index contributed by atoms with van der Waals surface area (Å²) in [4.78, 5) is 4.58. The fraction of sp³-hybridized carbons (Fsp3) is 0.368. The number of aryl methyl sites for hydroxylation is 1. The number of aliphatic hydroxyl groups is 1. The Balaban J connectivity index is 1.39. The molecule has 4 aromatic heterocycles. The summed E-state index contributed by atoms with van der Waals surface area (Å²) < 4.78 is 3.73. The van der Waals surface area contributed by atoms with Crippen molar-refractivity contribution in [2.45, 2.75) is 44.8 Å². The SMILES string of the molecule is Cc1nnc2cc(Nc3nc4cccc(N[C@H]5CC[C@@H](O)CC5)n4n3)ccn12. The van der Waals surface area contributed by atoms with E-state index in [2.05, 4.69) is 30.9 Å². The van der Waals surface area contributed by atoms with E-state index in [0.29, 0.717) is 12.0 Å². The Kier molecular flexibility index (Phi) is 4.09. The number of nitrogens with zero attached hydrogens (tertiary/aromatic N) is 6. The molecule has 0 saturated heterocycles. The van der Waals surface area contributed by atoms with Gasteiger partial charge >= 0.3 is 0 Å². The van der Waals surface area contributed by atoms with Gasteiger partial charge in [0.25, 0.3) is 0 Å². The molecule has 1 aliphatic rings. The lowest BCUT2D eigenvalue weighted by molar-refractivity contribution is 0.126. The maximum absolute atomic E-state index is 9.70. The number of hydrogen-bond donors (Lipinski definition) is 3. The van der Waals surface area contributed by atoms with Crippen molar-refractivity contribution in [1.29, 1.82) is 0 Å². The second-order valence-electron chi connectivity index (χ2n) is 7.28. The lowest BCUT2D eigenvalue weighted by Gasteiger charge is -2.26. The molecule has 0 atom stereocenters. The van der Waals surface area contributed by atoms with Crippen LogP contribution < -0.4 is 10.6 Å². The third-order valence-electron chi connectivity index (χ3n) is 5.25. The van der Waals surface area contributed by atoms with Gasteiger partial charge in [0.2, 0.25) is 5.95 Å². The van der Waals surface area contributed by atoms with Gasteiger partial charge in [0.15, 0.2) is 11.3 Å². The Bertz CT molecular complexity index is 1130. The highest BCUT2D eigenvalue weighted by atomic mass is 16.3. The molecule has 0 spiro atoms. The normalized spacial score (nSPS) is 19.9. The average Bonchev–Trinajstić information content (AvgIpc) is 3.27. The molecular formula is C19H22N8O. The van der Waals surface area contributed by atoms with E-state index in [9.17, 15) is 5.11 Å². The van der Waals surface area contributed by atoms with Crippen molar-refractivity contribution in [3.63, 3.8) is 0 Å². The lowest BCUT2D eigenvalue weighted by Crippen LogP contribution is -2.29. The molecule has 144 valence electrons. The summed E-state index contributed by atoms with van der Waals surface area (Å²) in [7, 11) is 0. The summed E-state index contributed by atoms with van der Waals surface area (Å²) in [5.41, 5.74) is 2.39. The quantitative estimate of drug-likeness (QED) is 0.501. The van der Waals surface area contributed by atoms with Crippen LogP contribution in [0.2, 0.25) is 0 Å². The highest BCUT2D eigenvalue weighted by Crippen LogP contribution is 2.23. The third-order valence-corrected chi connectivity index (χ3v) is 5.25. The van der Waals surface area contributed by atoms with Crippen molar-refractivity contribution in [2.24, 2.45) is 0 Å². The second kappa shape index (κ2) is 6.75. The summed E-state index contributed by atoms with van der Waals surface area (Å²) in [6, 6.07) is 10.1. The van der Waals surface area contributed by atoms with Crippen LogP contribution in [0.15, 0.2) is 36.5 Å². The van der Waals surface area contributed by atoms with Crippen LogP contribution >= 0.6 is 0 Å². The number of aromatic nitrogens is 6. The molecule has 0 amide bonds. The smallest absolute Gasteiger partial charge is 0.247 e. The summed E-state index contributed by atoms with van der Waals surface area (Å²) in [6.07, 6.45) is 5.34. The van der Waals surface area contributed by atoms with Crippen LogP contribution in [0.1, 0.15) is 31.5 Å². The largest absolute Gasteiger partial charge is 0.393 e. The van der Waals surface area contributed by atoms with E-state index in [4.69, 9.17) is 0 Å². The van der Waals surface area contributed by atoms with Crippen LogP contribution in [0, 0.1) is 6.92 Å². The monoisotopic (exact) mass is 378 g/mol. The number of hydrogen-bond acceptors (Lipinski definition) is 7. The van der Waals surface area contributed by atoms with Crippen molar-refractivity contribution in [3.8, 4) is 0 Å². The molecule has 1 aliphatic carbocycles. The van der Waals surface area contributed by atoms with E-state index in [1.54, 1.807) is 0 Å². The van der Waals surface area contributed by atoms with Crippen LogP contribution in [0.3, 0.4) is 0 Å². The maximum Gasteiger partial charge on any atom is 0.247 e. The number of nitrogens with one attached hydrogen (secondary N) is 2. The molecule has 9 heteroatoms. The van der Waals surface area contributed by atoms with Gasteiger partial charge in [-0.25, -0.2) is 0 Å². The number of fused-ring (bicyclic) bond motifs is 2. The number of pyridine rings is 2. The highest BCUT2D eigenvalue weighted by molar-refractivity contribution is 5.61. The number of anilines is 3. The molecule has 4 heterocycles. The molecule has 4 aromatic rings. The summed E-state index contributed by atoms with van der Waals surface area (Å²) in [5, 5.41) is 29.3.